The monoisotopic (exact) mass is 378 g/mol. The molecule has 0 aliphatic carbocycles. The first-order chi connectivity index (χ1) is 13.3. The molecule has 3 aromatic rings. The van der Waals surface area contributed by atoms with E-state index >= 15 is 0 Å². The highest BCUT2D eigenvalue weighted by atomic mass is 32.1. The number of ether oxygens (including phenoxy) is 1. The Labute approximate surface area is 164 Å². The molecule has 2 atom stereocenters. The quantitative estimate of drug-likeness (QED) is 0.665. The van der Waals surface area contributed by atoms with Crippen LogP contribution >= 0.6 is 12.2 Å². The lowest BCUT2D eigenvalue weighted by Crippen LogP contribution is -2.33. The number of thiocarbonyl (C=S) groups is 1. The number of methoxy groups -OCH3 is 1. The fourth-order valence-corrected chi connectivity index (χ4v) is 3.95. The first-order valence-corrected chi connectivity index (χ1v) is 9.40. The van der Waals surface area contributed by atoms with Crippen molar-refractivity contribution in [1.82, 2.24) is 19.8 Å². The zero-order valence-electron chi connectivity index (χ0n) is 15.2. The van der Waals surface area contributed by atoms with Gasteiger partial charge in [0.2, 0.25) is 0 Å². The molecule has 1 saturated heterocycles. The van der Waals surface area contributed by atoms with Gasteiger partial charge in [-0.3, -0.25) is 4.98 Å². The summed E-state index contributed by atoms with van der Waals surface area (Å²) in [4.78, 5) is 6.78. The van der Waals surface area contributed by atoms with Crippen molar-refractivity contribution >= 4 is 17.3 Å². The van der Waals surface area contributed by atoms with Crippen molar-refractivity contribution in [3.8, 4) is 5.69 Å². The van der Waals surface area contributed by atoms with Crippen LogP contribution in [0.5, 0.6) is 0 Å². The predicted molar refractivity (Wildman–Crippen MR) is 110 cm³/mol. The first kappa shape index (κ1) is 17.7. The summed E-state index contributed by atoms with van der Waals surface area (Å²) >= 11 is 5.66. The Morgan fingerprint density at radius 3 is 2.63 bits per heavy atom. The molecule has 5 nitrogen and oxygen atoms in total. The van der Waals surface area contributed by atoms with Gasteiger partial charge < -0.3 is 19.5 Å². The van der Waals surface area contributed by atoms with E-state index in [1.165, 1.54) is 5.69 Å². The van der Waals surface area contributed by atoms with Gasteiger partial charge in [-0.25, -0.2) is 0 Å². The van der Waals surface area contributed by atoms with E-state index in [1.807, 2.05) is 30.5 Å². The maximum atomic E-state index is 5.66. The molecule has 6 heteroatoms. The summed E-state index contributed by atoms with van der Waals surface area (Å²) in [6, 6.07) is 20.6. The van der Waals surface area contributed by atoms with Crippen LogP contribution in [0.3, 0.4) is 0 Å². The van der Waals surface area contributed by atoms with Crippen molar-refractivity contribution in [3.63, 3.8) is 0 Å². The number of benzene rings is 1. The highest BCUT2D eigenvalue weighted by Gasteiger charge is 2.40. The zero-order valence-corrected chi connectivity index (χ0v) is 16.0. The number of nitrogens with zero attached hydrogens (tertiary/aromatic N) is 3. The van der Waals surface area contributed by atoms with E-state index in [0.717, 1.165) is 23.0 Å². The third-order valence-corrected chi connectivity index (χ3v) is 5.20. The molecular formula is C21H22N4OS. The molecule has 4 rings (SSSR count). The van der Waals surface area contributed by atoms with E-state index in [9.17, 15) is 0 Å². The van der Waals surface area contributed by atoms with E-state index in [4.69, 9.17) is 17.0 Å². The molecule has 1 fully saturated rings. The third kappa shape index (κ3) is 3.46. The van der Waals surface area contributed by atoms with Crippen LogP contribution in [0, 0.1) is 0 Å². The molecule has 0 spiro atoms. The van der Waals surface area contributed by atoms with Gasteiger partial charge in [0.25, 0.3) is 0 Å². The number of hydrogen-bond donors (Lipinski definition) is 1. The Morgan fingerprint density at radius 2 is 1.89 bits per heavy atom. The van der Waals surface area contributed by atoms with Crippen molar-refractivity contribution in [1.29, 1.82) is 0 Å². The van der Waals surface area contributed by atoms with E-state index in [-0.39, 0.29) is 12.1 Å². The molecule has 0 radical (unpaired) electrons. The molecule has 0 bridgehead atoms. The lowest BCUT2D eigenvalue weighted by Gasteiger charge is -2.28. The fourth-order valence-electron chi connectivity index (χ4n) is 3.62. The Kier molecular flexibility index (Phi) is 5.18. The lowest BCUT2D eigenvalue weighted by atomic mass is 10.0. The van der Waals surface area contributed by atoms with E-state index in [2.05, 4.69) is 62.4 Å². The summed E-state index contributed by atoms with van der Waals surface area (Å²) in [7, 11) is 1.71. The molecule has 0 unspecified atom stereocenters. The topological polar surface area (TPSA) is 42.3 Å². The molecular weight excluding hydrogens is 356 g/mol. The van der Waals surface area contributed by atoms with Crippen molar-refractivity contribution < 1.29 is 4.74 Å². The smallest absolute Gasteiger partial charge is 0.170 e. The molecule has 138 valence electrons. The largest absolute Gasteiger partial charge is 0.383 e. The van der Waals surface area contributed by atoms with Crippen LogP contribution in [0.4, 0.5) is 0 Å². The summed E-state index contributed by atoms with van der Waals surface area (Å²) in [6.07, 6.45) is 3.92. The molecule has 3 heterocycles. The van der Waals surface area contributed by atoms with E-state index in [0.29, 0.717) is 6.61 Å². The van der Waals surface area contributed by atoms with E-state index in [1.54, 1.807) is 7.11 Å². The first-order valence-electron chi connectivity index (χ1n) is 8.99. The molecule has 27 heavy (non-hydrogen) atoms. The normalized spacial score (nSPS) is 19.3. The summed E-state index contributed by atoms with van der Waals surface area (Å²) in [5.74, 6) is 0. The maximum absolute atomic E-state index is 5.66. The molecule has 2 aromatic heterocycles. The Hall–Kier alpha value is -2.70. The minimum atomic E-state index is -0.0204. The van der Waals surface area contributed by atoms with Gasteiger partial charge in [-0.05, 0) is 48.6 Å². The van der Waals surface area contributed by atoms with Gasteiger partial charge in [-0.15, -0.1) is 0 Å². The lowest BCUT2D eigenvalue weighted by molar-refractivity contribution is 0.163. The molecule has 1 aliphatic heterocycles. The van der Waals surface area contributed by atoms with Crippen molar-refractivity contribution in [2.45, 2.75) is 12.1 Å². The second-order valence-corrected chi connectivity index (χ2v) is 6.84. The van der Waals surface area contributed by atoms with E-state index < -0.39 is 0 Å². The standard InChI is InChI=1S/C21H22N4OS/c1-26-15-14-25-20(19(23-21(25)27)17-10-5-6-12-22-17)18-11-7-13-24(18)16-8-3-2-4-9-16/h2-13,19-20H,14-15H2,1H3,(H,23,27)/t19-,20+/m1/s1. The highest BCUT2D eigenvalue weighted by Crippen LogP contribution is 2.39. The number of nitrogens with one attached hydrogen (secondary N) is 1. The van der Waals surface area contributed by atoms with Crippen molar-refractivity contribution in [2.75, 3.05) is 20.3 Å². The Morgan fingerprint density at radius 1 is 1.07 bits per heavy atom. The maximum Gasteiger partial charge on any atom is 0.170 e. The Bertz CT molecular complexity index is 897. The minimum Gasteiger partial charge on any atom is -0.383 e. The summed E-state index contributed by atoms with van der Waals surface area (Å²) in [5, 5.41) is 4.20. The third-order valence-electron chi connectivity index (χ3n) is 4.85. The number of para-hydroxylation sites is 1. The molecule has 1 aromatic carbocycles. The van der Waals surface area contributed by atoms with Crippen LogP contribution in [0.25, 0.3) is 5.69 Å². The number of aromatic nitrogens is 2. The van der Waals surface area contributed by atoms with Crippen LogP contribution in [0.2, 0.25) is 0 Å². The van der Waals surface area contributed by atoms with Gasteiger partial charge in [0, 0.05) is 37.4 Å². The molecule has 0 amide bonds. The average molecular weight is 379 g/mol. The average Bonchev–Trinajstić information content (AvgIpc) is 3.32. The van der Waals surface area contributed by atoms with Crippen LogP contribution in [-0.4, -0.2) is 39.8 Å². The second-order valence-electron chi connectivity index (χ2n) is 6.45. The number of hydrogen-bond acceptors (Lipinski definition) is 3. The van der Waals surface area contributed by atoms with Crippen molar-refractivity contribution in [3.05, 3.63) is 84.4 Å². The van der Waals surface area contributed by atoms with Crippen LogP contribution in [-0.2, 0) is 4.74 Å². The number of rotatable bonds is 6. The van der Waals surface area contributed by atoms with Gasteiger partial charge >= 0.3 is 0 Å². The van der Waals surface area contributed by atoms with Crippen molar-refractivity contribution in [2.24, 2.45) is 0 Å². The fraction of sp³-hybridized carbons (Fsp3) is 0.238. The predicted octanol–water partition coefficient (Wildman–Crippen LogP) is 3.49. The minimum absolute atomic E-state index is 0.0204. The summed E-state index contributed by atoms with van der Waals surface area (Å²) in [5.41, 5.74) is 3.27. The second kappa shape index (κ2) is 7.90. The highest BCUT2D eigenvalue weighted by molar-refractivity contribution is 7.80. The summed E-state index contributed by atoms with van der Waals surface area (Å²) in [6.45, 7) is 1.33. The zero-order chi connectivity index (χ0) is 18.6. The van der Waals surface area contributed by atoms with Gasteiger partial charge in [0.05, 0.1) is 24.4 Å². The van der Waals surface area contributed by atoms with Gasteiger partial charge in [0.1, 0.15) is 0 Å². The summed E-state index contributed by atoms with van der Waals surface area (Å²) < 4.78 is 7.54. The molecule has 1 N–H and O–H groups in total. The SMILES string of the molecule is COCCN1C(=S)N[C@H](c2ccccn2)[C@@H]1c1cccn1-c1ccccc1. The van der Waals surface area contributed by atoms with Gasteiger partial charge in [-0.2, -0.15) is 0 Å². The van der Waals surface area contributed by atoms with Crippen LogP contribution in [0.1, 0.15) is 23.5 Å². The molecule has 0 saturated carbocycles. The number of pyridine rings is 1. The molecule has 1 aliphatic rings. The van der Waals surface area contributed by atoms with Gasteiger partial charge in [-0.1, -0.05) is 24.3 Å². The van der Waals surface area contributed by atoms with Crippen LogP contribution in [0.15, 0.2) is 73.1 Å². The van der Waals surface area contributed by atoms with Crippen LogP contribution < -0.4 is 5.32 Å². The van der Waals surface area contributed by atoms with Gasteiger partial charge in [0.15, 0.2) is 5.11 Å². The Balaban J connectivity index is 1.78.